The van der Waals surface area contributed by atoms with Crippen molar-refractivity contribution in [3.05, 3.63) is 10.4 Å². The zero-order chi connectivity index (χ0) is 8.97. The van der Waals surface area contributed by atoms with Crippen LogP contribution in [0.15, 0.2) is 5.11 Å². The molecular weight excluding hydrogens is 160 g/mol. The SMILES string of the molecule is [N-]=[N+]=NC[C@@H]1C[C@H](N)C[C@H](O)O1. The predicted molar refractivity (Wildman–Crippen MR) is 42.1 cm³/mol. The fourth-order valence-corrected chi connectivity index (χ4v) is 1.27. The van der Waals surface area contributed by atoms with E-state index in [9.17, 15) is 0 Å². The summed E-state index contributed by atoms with van der Waals surface area (Å²) < 4.78 is 5.07. The van der Waals surface area contributed by atoms with E-state index in [1.165, 1.54) is 0 Å². The fraction of sp³-hybridized carbons (Fsp3) is 1.00. The van der Waals surface area contributed by atoms with E-state index in [4.69, 9.17) is 21.1 Å². The highest BCUT2D eigenvalue weighted by Crippen LogP contribution is 2.16. The minimum absolute atomic E-state index is 0.0624. The van der Waals surface area contributed by atoms with Crippen LogP contribution in [0.25, 0.3) is 10.4 Å². The second kappa shape index (κ2) is 4.27. The van der Waals surface area contributed by atoms with Crippen LogP contribution in [-0.4, -0.2) is 30.1 Å². The van der Waals surface area contributed by atoms with Crippen molar-refractivity contribution in [1.82, 2.24) is 0 Å². The molecular formula is C6H12N4O2. The molecule has 0 amide bonds. The van der Waals surface area contributed by atoms with Crippen LogP contribution in [0.1, 0.15) is 12.8 Å². The van der Waals surface area contributed by atoms with E-state index in [-0.39, 0.29) is 18.7 Å². The summed E-state index contributed by atoms with van der Waals surface area (Å²) in [5.41, 5.74) is 13.7. The van der Waals surface area contributed by atoms with Gasteiger partial charge in [0.05, 0.1) is 12.6 Å². The lowest BCUT2D eigenvalue weighted by atomic mass is 10.0. The predicted octanol–water partition coefficient (Wildman–Crippen LogP) is 0.121. The van der Waals surface area contributed by atoms with Crippen molar-refractivity contribution in [3.63, 3.8) is 0 Å². The Bertz CT molecular complexity index is 182. The number of hydrogen-bond donors (Lipinski definition) is 2. The Morgan fingerprint density at radius 3 is 3.00 bits per heavy atom. The third kappa shape index (κ3) is 2.67. The Hall–Kier alpha value is -0.810. The van der Waals surface area contributed by atoms with Gasteiger partial charge in [-0.2, -0.15) is 0 Å². The average molecular weight is 172 g/mol. The molecule has 3 atom stereocenters. The standard InChI is InChI=1S/C6H12N4O2/c7-4-1-5(3-9-10-8)12-6(11)2-4/h4-6,11H,1-3,7H2/t4-,5-,6+/m0/s1. The van der Waals surface area contributed by atoms with Crippen LogP contribution in [0.4, 0.5) is 0 Å². The monoisotopic (exact) mass is 172 g/mol. The maximum absolute atomic E-state index is 9.11. The van der Waals surface area contributed by atoms with Gasteiger partial charge in [-0.1, -0.05) is 5.11 Å². The average Bonchev–Trinajstić information content (AvgIpc) is 1.99. The largest absolute Gasteiger partial charge is 0.368 e. The molecule has 0 aromatic carbocycles. The smallest absolute Gasteiger partial charge is 0.156 e. The topological polar surface area (TPSA) is 104 Å². The van der Waals surface area contributed by atoms with Gasteiger partial charge in [-0.05, 0) is 12.0 Å². The highest BCUT2D eigenvalue weighted by molar-refractivity contribution is 4.76. The molecule has 1 rings (SSSR count). The van der Waals surface area contributed by atoms with Crippen molar-refractivity contribution in [2.75, 3.05) is 6.54 Å². The number of aliphatic hydroxyl groups is 1. The zero-order valence-corrected chi connectivity index (χ0v) is 6.63. The molecule has 3 N–H and O–H groups in total. The van der Waals surface area contributed by atoms with Crippen molar-refractivity contribution >= 4 is 0 Å². The first-order chi connectivity index (χ1) is 5.72. The minimum Gasteiger partial charge on any atom is -0.368 e. The van der Waals surface area contributed by atoms with Gasteiger partial charge < -0.3 is 15.6 Å². The van der Waals surface area contributed by atoms with Gasteiger partial charge in [0.1, 0.15) is 0 Å². The molecule has 1 fully saturated rings. The Balaban J connectivity index is 2.38. The molecule has 1 aliphatic rings. The van der Waals surface area contributed by atoms with Crippen LogP contribution in [0.3, 0.4) is 0 Å². The fourth-order valence-electron chi connectivity index (χ4n) is 1.27. The van der Waals surface area contributed by atoms with Crippen LogP contribution < -0.4 is 5.73 Å². The number of nitrogens with zero attached hydrogens (tertiary/aromatic N) is 3. The number of aliphatic hydroxyl groups excluding tert-OH is 1. The molecule has 0 bridgehead atoms. The van der Waals surface area contributed by atoms with Gasteiger partial charge in [-0.3, -0.25) is 0 Å². The quantitative estimate of drug-likeness (QED) is 0.351. The Morgan fingerprint density at radius 1 is 1.67 bits per heavy atom. The van der Waals surface area contributed by atoms with Gasteiger partial charge in [0.25, 0.3) is 0 Å². The van der Waals surface area contributed by atoms with Crippen molar-refractivity contribution in [2.45, 2.75) is 31.3 Å². The first-order valence-corrected chi connectivity index (χ1v) is 3.82. The summed E-state index contributed by atoms with van der Waals surface area (Å²) in [5, 5.41) is 12.5. The van der Waals surface area contributed by atoms with E-state index >= 15 is 0 Å². The highest BCUT2D eigenvalue weighted by atomic mass is 16.6. The molecule has 1 saturated heterocycles. The maximum Gasteiger partial charge on any atom is 0.156 e. The van der Waals surface area contributed by atoms with Crippen molar-refractivity contribution in [2.24, 2.45) is 10.8 Å². The third-order valence-corrected chi connectivity index (χ3v) is 1.77. The van der Waals surface area contributed by atoms with Crippen LogP contribution in [0.5, 0.6) is 0 Å². The van der Waals surface area contributed by atoms with E-state index in [0.717, 1.165) is 0 Å². The van der Waals surface area contributed by atoms with Crippen LogP contribution >= 0.6 is 0 Å². The van der Waals surface area contributed by atoms with Gasteiger partial charge in [0.15, 0.2) is 6.29 Å². The first-order valence-electron chi connectivity index (χ1n) is 3.82. The van der Waals surface area contributed by atoms with Gasteiger partial charge in [0, 0.05) is 17.4 Å². The van der Waals surface area contributed by atoms with E-state index in [1.807, 2.05) is 0 Å². The van der Waals surface area contributed by atoms with E-state index in [0.29, 0.717) is 12.8 Å². The molecule has 0 radical (unpaired) electrons. The molecule has 1 heterocycles. The lowest BCUT2D eigenvalue weighted by Crippen LogP contribution is -2.41. The molecule has 0 aliphatic carbocycles. The summed E-state index contributed by atoms with van der Waals surface area (Å²) in [5.74, 6) is 0. The van der Waals surface area contributed by atoms with Crippen molar-refractivity contribution in [1.29, 1.82) is 0 Å². The van der Waals surface area contributed by atoms with Gasteiger partial charge in [0.2, 0.25) is 0 Å². The van der Waals surface area contributed by atoms with Gasteiger partial charge in [-0.15, -0.1) is 0 Å². The van der Waals surface area contributed by atoms with Crippen LogP contribution in [-0.2, 0) is 4.74 Å². The number of rotatable bonds is 2. The first kappa shape index (κ1) is 9.28. The summed E-state index contributed by atoms with van der Waals surface area (Å²) in [6.07, 6.45) is 0.0374. The van der Waals surface area contributed by atoms with E-state index in [2.05, 4.69) is 10.0 Å². The van der Waals surface area contributed by atoms with E-state index in [1.54, 1.807) is 0 Å². The third-order valence-electron chi connectivity index (χ3n) is 1.77. The second-order valence-electron chi connectivity index (χ2n) is 2.86. The Kier molecular flexibility index (Phi) is 3.31. The Morgan fingerprint density at radius 2 is 2.42 bits per heavy atom. The summed E-state index contributed by atoms with van der Waals surface area (Å²) in [6, 6.07) is -0.0624. The molecule has 12 heavy (non-hydrogen) atoms. The van der Waals surface area contributed by atoms with Gasteiger partial charge >= 0.3 is 0 Å². The molecule has 0 aromatic heterocycles. The maximum atomic E-state index is 9.11. The molecule has 0 spiro atoms. The van der Waals surface area contributed by atoms with Crippen LogP contribution in [0, 0.1) is 0 Å². The number of hydrogen-bond acceptors (Lipinski definition) is 4. The van der Waals surface area contributed by atoms with E-state index < -0.39 is 6.29 Å². The number of ether oxygens (including phenoxy) is 1. The zero-order valence-electron chi connectivity index (χ0n) is 6.63. The molecule has 0 aromatic rings. The summed E-state index contributed by atoms with van der Waals surface area (Å²) >= 11 is 0. The molecule has 1 aliphatic heterocycles. The molecule has 0 saturated carbocycles. The minimum atomic E-state index is -0.812. The van der Waals surface area contributed by atoms with Gasteiger partial charge in [-0.25, -0.2) is 0 Å². The van der Waals surface area contributed by atoms with Crippen molar-refractivity contribution in [3.8, 4) is 0 Å². The number of azide groups is 1. The summed E-state index contributed by atoms with van der Waals surface area (Å²) in [6.45, 7) is 0.237. The van der Waals surface area contributed by atoms with Crippen LogP contribution in [0.2, 0.25) is 0 Å². The number of nitrogens with two attached hydrogens (primary N) is 1. The Labute approximate surface area is 69.9 Å². The van der Waals surface area contributed by atoms with Crippen molar-refractivity contribution < 1.29 is 9.84 Å². The summed E-state index contributed by atoms with van der Waals surface area (Å²) in [4.78, 5) is 2.60. The molecule has 6 heteroatoms. The summed E-state index contributed by atoms with van der Waals surface area (Å²) in [7, 11) is 0. The normalized spacial score (nSPS) is 35.7. The molecule has 6 nitrogen and oxygen atoms in total. The lowest BCUT2D eigenvalue weighted by Gasteiger charge is -2.29. The second-order valence-corrected chi connectivity index (χ2v) is 2.86. The molecule has 0 unspecified atom stereocenters. The highest BCUT2D eigenvalue weighted by Gasteiger charge is 2.25. The lowest BCUT2D eigenvalue weighted by molar-refractivity contribution is -0.163. The molecule has 68 valence electrons.